The van der Waals surface area contributed by atoms with Crippen molar-refractivity contribution >= 4 is 28.5 Å². The third-order valence-corrected chi connectivity index (χ3v) is 9.64. The number of amides is 1. The van der Waals surface area contributed by atoms with Gasteiger partial charge in [0, 0.05) is 29.9 Å². The second kappa shape index (κ2) is 7.27. The average Bonchev–Trinajstić information content (AvgIpc) is 3.51. The van der Waals surface area contributed by atoms with Gasteiger partial charge < -0.3 is 24.7 Å². The first-order valence-corrected chi connectivity index (χ1v) is 13.2. The number of benzene rings is 2. The van der Waals surface area contributed by atoms with Gasteiger partial charge in [-0.2, -0.15) is 0 Å². The predicted molar refractivity (Wildman–Crippen MR) is 134 cm³/mol. The normalized spacial score (nSPS) is 33.2. The molecule has 5 aliphatic rings. The van der Waals surface area contributed by atoms with E-state index in [2.05, 4.69) is 15.2 Å². The summed E-state index contributed by atoms with van der Waals surface area (Å²) in [4.78, 5) is 44.0. The number of H-pyrrole nitrogens is 1. The SMILES string of the molecule is O=C(Nc1ccc2[nH]c(=O)oc2c1)C1C[C@@]2(O)[C@H]3Cc4ccc(O)c5c4[C@@]2(CCN3CC2CC2)[C@@H](O5)C1=O. The number of oxazole rings is 1. The van der Waals surface area contributed by atoms with Crippen molar-refractivity contribution in [3.8, 4) is 11.5 Å². The van der Waals surface area contributed by atoms with E-state index < -0.39 is 34.7 Å². The summed E-state index contributed by atoms with van der Waals surface area (Å²) < 4.78 is 11.3. The third kappa shape index (κ3) is 2.76. The number of nitrogens with one attached hydrogen (secondary N) is 2. The Hall–Kier alpha value is -3.63. The number of ketones is 1. The van der Waals surface area contributed by atoms with Crippen LogP contribution in [0.3, 0.4) is 0 Å². The molecule has 10 nitrogen and oxygen atoms in total. The molecule has 3 aromatic rings. The van der Waals surface area contributed by atoms with E-state index in [1.807, 2.05) is 6.07 Å². The smallest absolute Gasteiger partial charge is 0.417 e. The van der Waals surface area contributed by atoms with Crippen molar-refractivity contribution in [3.05, 3.63) is 52.0 Å². The van der Waals surface area contributed by atoms with Gasteiger partial charge in [0.2, 0.25) is 5.91 Å². The number of hydrogen-bond acceptors (Lipinski definition) is 8. The highest BCUT2D eigenvalue weighted by molar-refractivity contribution is 6.11. The number of anilines is 1. The molecule has 3 heterocycles. The van der Waals surface area contributed by atoms with E-state index in [4.69, 9.17) is 9.15 Å². The molecule has 196 valence electrons. The number of aliphatic hydroxyl groups is 1. The van der Waals surface area contributed by atoms with Crippen LogP contribution in [-0.2, 0) is 21.4 Å². The first-order valence-electron chi connectivity index (χ1n) is 13.2. The molecule has 1 amide bonds. The summed E-state index contributed by atoms with van der Waals surface area (Å²) in [6.45, 7) is 1.62. The molecule has 2 saturated carbocycles. The first-order chi connectivity index (χ1) is 18.3. The van der Waals surface area contributed by atoms with Crippen LogP contribution in [0.4, 0.5) is 5.69 Å². The average molecular weight is 518 g/mol. The van der Waals surface area contributed by atoms with Gasteiger partial charge in [-0.1, -0.05) is 6.07 Å². The molecule has 3 aliphatic carbocycles. The minimum atomic E-state index is -1.38. The number of aromatic hydroxyl groups is 1. The Labute approximate surface area is 216 Å². The largest absolute Gasteiger partial charge is 0.504 e. The molecule has 38 heavy (non-hydrogen) atoms. The summed E-state index contributed by atoms with van der Waals surface area (Å²) in [6.07, 6.45) is 2.36. The fraction of sp³-hybridized carbons (Fsp3) is 0.464. The Kier molecular flexibility index (Phi) is 4.28. The maximum atomic E-state index is 14.0. The monoisotopic (exact) mass is 517 g/mol. The van der Waals surface area contributed by atoms with Crippen LogP contribution in [0.1, 0.15) is 36.8 Å². The zero-order valence-corrected chi connectivity index (χ0v) is 20.5. The van der Waals surface area contributed by atoms with Crippen molar-refractivity contribution in [2.75, 3.05) is 18.4 Å². The van der Waals surface area contributed by atoms with Gasteiger partial charge in [-0.3, -0.25) is 19.5 Å². The van der Waals surface area contributed by atoms with Crippen molar-refractivity contribution in [1.29, 1.82) is 0 Å². The number of likely N-dealkylation sites (tertiary alicyclic amines) is 1. The number of piperidine rings is 1. The van der Waals surface area contributed by atoms with Crippen LogP contribution in [0.2, 0.25) is 0 Å². The molecular weight excluding hydrogens is 490 g/mol. The number of aromatic nitrogens is 1. The number of ether oxygens (including phenoxy) is 1. The lowest BCUT2D eigenvalue weighted by Gasteiger charge is -2.63. The Balaban J connectivity index is 1.20. The van der Waals surface area contributed by atoms with Gasteiger partial charge in [-0.25, -0.2) is 4.79 Å². The van der Waals surface area contributed by atoms with Crippen molar-refractivity contribution < 1.29 is 29.0 Å². The van der Waals surface area contributed by atoms with E-state index in [9.17, 15) is 24.6 Å². The Morgan fingerprint density at radius 2 is 2.05 bits per heavy atom. The van der Waals surface area contributed by atoms with Crippen LogP contribution in [-0.4, -0.2) is 62.6 Å². The summed E-state index contributed by atoms with van der Waals surface area (Å²) in [5, 5.41) is 26.1. The van der Waals surface area contributed by atoms with Gasteiger partial charge in [0.1, 0.15) is 5.92 Å². The molecule has 4 N–H and O–H groups in total. The predicted octanol–water partition coefficient (Wildman–Crippen LogP) is 1.82. The van der Waals surface area contributed by atoms with E-state index in [1.165, 1.54) is 18.9 Å². The van der Waals surface area contributed by atoms with E-state index >= 15 is 0 Å². The second-order valence-corrected chi connectivity index (χ2v) is 11.6. The Morgan fingerprint density at radius 1 is 1.21 bits per heavy atom. The highest BCUT2D eigenvalue weighted by Gasteiger charge is 2.75. The molecule has 5 atom stereocenters. The number of carbonyl (C=O) groups excluding carboxylic acids is 2. The van der Waals surface area contributed by atoms with Gasteiger partial charge in [0.15, 0.2) is 29.0 Å². The maximum Gasteiger partial charge on any atom is 0.417 e. The summed E-state index contributed by atoms with van der Waals surface area (Å²) in [6, 6.07) is 7.97. The molecule has 3 fully saturated rings. The second-order valence-electron chi connectivity index (χ2n) is 11.6. The summed E-state index contributed by atoms with van der Waals surface area (Å²) in [5.74, 6) is -1.85. The molecule has 2 aliphatic heterocycles. The van der Waals surface area contributed by atoms with E-state index in [-0.39, 0.29) is 35.3 Å². The number of rotatable bonds is 4. The van der Waals surface area contributed by atoms with E-state index in [1.54, 1.807) is 18.2 Å². The fourth-order valence-electron chi connectivity index (χ4n) is 7.78. The lowest BCUT2D eigenvalue weighted by atomic mass is 9.47. The van der Waals surface area contributed by atoms with Gasteiger partial charge in [0.05, 0.1) is 16.5 Å². The van der Waals surface area contributed by atoms with Gasteiger partial charge in [0.25, 0.3) is 0 Å². The number of Topliss-reactive ketones (excluding diaryl/α,β-unsaturated/α-hetero) is 1. The molecule has 1 aromatic heterocycles. The number of nitrogens with zero attached hydrogens (tertiary/aromatic N) is 1. The minimum absolute atomic E-state index is 0.0284. The highest BCUT2D eigenvalue weighted by Crippen LogP contribution is 2.65. The topological polar surface area (TPSA) is 145 Å². The number of fused-ring (bicyclic) bond motifs is 1. The first kappa shape index (κ1) is 22.4. The molecule has 0 radical (unpaired) electrons. The molecule has 1 saturated heterocycles. The molecule has 2 bridgehead atoms. The number of phenolic OH excluding ortho intramolecular Hbond substituents is 1. The number of carbonyl (C=O) groups is 2. The van der Waals surface area contributed by atoms with Crippen LogP contribution >= 0.6 is 0 Å². The highest BCUT2D eigenvalue weighted by atomic mass is 16.5. The third-order valence-electron chi connectivity index (χ3n) is 9.64. The Morgan fingerprint density at radius 3 is 2.87 bits per heavy atom. The number of aromatic amines is 1. The van der Waals surface area contributed by atoms with Crippen LogP contribution in [0.15, 0.2) is 39.5 Å². The fourth-order valence-corrected chi connectivity index (χ4v) is 7.78. The standard InChI is InChI=1S/C28H27N3O7/c32-18-6-3-14-9-20-28(36)11-16(25(34)29-15-4-5-17-19(10-15)37-26(35)30-17)22(33)24-27(28,21(14)23(18)38-24)7-8-31(20)12-13-1-2-13/h3-6,10,13,16,20,24,32,36H,1-2,7-9,11-12H2,(H,29,34)(H,30,35)/t16?,20-,24+,27+,28-/m1/s1. The molecule has 10 heteroatoms. The maximum absolute atomic E-state index is 14.0. The van der Waals surface area contributed by atoms with E-state index in [0.29, 0.717) is 30.0 Å². The zero-order valence-electron chi connectivity index (χ0n) is 20.5. The van der Waals surface area contributed by atoms with E-state index in [0.717, 1.165) is 24.2 Å². The summed E-state index contributed by atoms with van der Waals surface area (Å²) in [5.41, 5.74) is 0.511. The summed E-state index contributed by atoms with van der Waals surface area (Å²) in [7, 11) is 0. The summed E-state index contributed by atoms with van der Waals surface area (Å²) >= 11 is 0. The quantitative estimate of drug-likeness (QED) is 0.384. The van der Waals surface area contributed by atoms with Crippen LogP contribution in [0, 0.1) is 11.8 Å². The Bertz CT molecular complexity index is 1610. The number of phenols is 1. The van der Waals surface area contributed by atoms with Crippen molar-refractivity contribution in [2.45, 2.75) is 55.3 Å². The van der Waals surface area contributed by atoms with Gasteiger partial charge in [-0.05, 0) is 68.3 Å². The number of hydrogen-bond donors (Lipinski definition) is 4. The van der Waals surface area contributed by atoms with Gasteiger partial charge >= 0.3 is 5.76 Å². The molecule has 1 spiro atoms. The van der Waals surface area contributed by atoms with Crippen LogP contribution in [0.25, 0.3) is 11.1 Å². The lowest BCUT2D eigenvalue weighted by Crippen LogP contribution is -2.78. The van der Waals surface area contributed by atoms with Crippen LogP contribution < -0.4 is 15.8 Å². The molecule has 2 aromatic carbocycles. The molecule has 8 rings (SSSR count). The van der Waals surface area contributed by atoms with Crippen molar-refractivity contribution in [3.63, 3.8) is 0 Å². The molecular formula is C28H27N3O7. The molecule has 1 unspecified atom stereocenters. The zero-order chi connectivity index (χ0) is 26.0. The minimum Gasteiger partial charge on any atom is -0.504 e. The van der Waals surface area contributed by atoms with Crippen LogP contribution in [0.5, 0.6) is 11.5 Å². The van der Waals surface area contributed by atoms with Crippen molar-refractivity contribution in [1.82, 2.24) is 9.88 Å². The lowest BCUT2D eigenvalue weighted by molar-refractivity contribution is -0.197. The van der Waals surface area contributed by atoms with Gasteiger partial charge in [-0.15, -0.1) is 0 Å². The van der Waals surface area contributed by atoms with Crippen molar-refractivity contribution in [2.24, 2.45) is 11.8 Å².